The average Bonchev–Trinajstić information content (AvgIpc) is 2.18. The van der Waals surface area contributed by atoms with E-state index in [9.17, 15) is 9.18 Å². The molecule has 0 fully saturated rings. The van der Waals surface area contributed by atoms with Crippen LogP contribution in [-0.2, 0) is 11.3 Å². The molecule has 0 radical (unpaired) electrons. The SMILES string of the molecule is C[C@H](NCc1cc(Cl)ccc1F)C(N)=O. The third-order valence-corrected chi connectivity index (χ3v) is 2.27. The van der Waals surface area contributed by atoms with Gasteiger partial charge in [0.15, 0.2) is 0 Å². The van der Waals surface area contributed by atoms with Crippen molar-refractivity contribution in [2.45, 2.75) is 19.5 Å². The Hall–Kier alpha value is -1.13. The summed E-state index contributed by atoms with van der Waals surface area (Å²) in [6.45, 7) is 1.83. The van der Waals surface area contributed by atoms with Gasteiger partial charge in [-0.05, 0) is 25.1 Å². The lowest BCUT2D eigenvalue weighted by atomic mass is 10.2. The molecule has 1 amide bonds. The van der Waals surface area contributed by atoms with Crippen LogP contribution in [0.1, 0.15) is 12.5 Å². The van der Waals surface area contributed by atoms with E-state index in [1.165, 1.54) is 18.2 Å². The van der Waals surface area contributed by atoms with Crippen LogP contribution in [-0.4, -0.2) is 11.9 Å². The molecule has 0 spiro atoms. The Balaban J connectivity index is 2.65. The number of halogens is 2. The lowest BCUT2D eigenvalue weighted by Crippen LogP contribution is -2.38. The molecular formula is C10H12ClFN2O. The molecule has 0 heterocycles. The molecule has 0 saturated carbocycles. The Morgan fingerprint density at radius 2 is 2.33 bits per heavy atom. The highest BCUT2D eigenvalue weighted by Crippen LogP contribution is 2.14. The van der Waals surface area contributed by atoms with Crippen molar-refractivity contribution in [3.63, 3.8) is 0 Å². The molecule has 1 aromatic carbocycles. The summed E-state index contributed by atoms with van der Waals surface area (Å²) in [6.07, 6.45) is 0. The van der Waals surface area contributed by atoms with Crippen LogP contribution in [0, 0.1) is 5.82 Å². The Labute approximate surface area is 92.4 Å². The van der Waals surface area contributed by atoms with Gasteiger partial charge < -0.3 is 11.1 Å². The summed E-state index contributed by atoms with van der Waals surface area (Å²) >= 11 is 5.71. The third kappa shape index (κ3) is 3.49. The van der Waals surface area contributed by atoms with E-state index in [0.717, 1.165) is 0 Å². The van der Waals surface area contributed by atoms with Gasteiger partial charge in [0.2, 0.25) is 5.91 Å². The molecule has 3 N–H and O–H groups in total. The van der Waals surface area contributed by atoms with Gasteiger partial charge in [-0.1, -0.05) is 11.6 Å². The fourth-order valence-electron chi connectivity index (χ4n) is 1.04. The van der Waals surface area contributed by atoms with Gasteiger partial charge in [-0.15, -0.1) is 0 Å². The van der Waals surface area contributed by atoms with E-state index in [1.807, 2.05) is 0 Å². The molecule has 5 heteroatoms. The molecule has 3 nitrogen and oxygen atoms in total. The first kappa shape index (κ1) is 11.9. The number of hydrogen-bond donors (Lipinski definition) is 2. The van der Waals surface area contributed by atoms with Gasteiger partial charge in [0.05, 0.1) is 6.04 Å². The minimum Gasteiger partial charge on any atom is -0.368 e. The minimum absolute atomic E-state index is 0.219. The van der Waals surface area contributed by atoms with Crippen molar-refractivity contribution in [1.29, 1.82) is 0 Å². The molecule has 1 aromatic rings. The zero-order valence-electron chi connectivity index (χ0n) is 8.26. The van der Waals surface area contributed by atoms with Crippen molar-refractivity contribution >= 4 is 17.5 Å². The van der Waals surface area contributed by atoms with Crippen molar-refractivity contribution in [3.05, 3.63) is 34.6 Å². The second kappa shape index (κ2) is 5.09. The molecule has 1 rings (SSSR count). The van der Waals surface area contributed by atoms with Gasteiger partial charge in [0.25, 0.3) is 0 Å². The van der Waals surface area contributed by atoms with Crippen LogP contribution in [0.25, 0.3) is 0 Å². The lowest BCUT2D eigenvalue weighted by molar-refractivity contribution is -0.119. The molecule has 0 saturated heterocycles. The zero-order chi connectivity index (χ0) is 11.4. The molecule has 0 aliphatic heterocycles. The molecule has 0 bridgehead atoms. The van der Waals surface area contributed by atoms with E-state index in [1.54, 1.807) is 6.92 Å². The predicted octanol–water partition coefficient (Wildman–Crippen LogP) is 1.44. The van der Waals surface area contributed by atoms with Crippen molar-refractivity contribution < 1.29 is 9.18 Å². The maximum atomic E-state index is 13.2. The first-order valence-electron chi connectivity index (χ1n) is 4.47. The van der Waals surface area contributed by atoms with Gasteiger partial charge in [-0.2, -0.15) is 0 Å². The molecule has 0 aliphatic rings. The number of carbonyl (C=O) groups excluding carboxylic acids is 1. The zero-order valence-corrected chi connectivity index (χ0v) is 9.01. The van der Waals surface area contributed by atoms with Gasteiger partial charge >= 0.3 is 0 Å². The summed E-state index contributed by atoms with van der Waals surface area (Å²) in [5.74, 6) is -0.832. The molecule has 0 aliphatic carbocycles. The standard InChI is InChI=1S/C10H12ClFN2O/c1-6(10(13)15)14-5-7-4-8(11)2-3-9(7)12/h2-4,6,14H,5H2,1H3,(H2,13,15)/t6-/m0/s1. The van der Waals surface area contributed by atoms with Crippen LogP contribution >= 0.6 is 11.6 Å². The average molecular weight is 231 g/mol. The number of hydrogen-bond acceptors (Lipinski definition) is 2. The Morgan fingerprint density at radius 3 is 2.93 bits per heavy atom. The van der Waals surface area contributed by atoms with E-state index >= 15 is 0 Å². The van der Waals surface area contributed by atoms with Crippen LogP contribution in [0.15, 0.2) is 18.2 Å². The molecule has 15 heavy (non-hydrogen) atoms. The normalized spacial score (nSPS) is 12.5. The van der Waals surface area contributed by atoms with E-state index in [2.05, 4.69) is 5.32 Å². The van der Waals surface area contributed by atoms with Crippen molar-refractivity contribution in [3.8, 4) is 0 Å². The van der Waals surface area contributed by atoms with Gasteiger partial charge in [-0.3, -0.25) is 4.79 Å². The Morgan fingerprint density at radius 1 is 1.67 bits per heavy atom. The van der Waals surface area contributed by atoms with Crippen molar-refractivity contribution in [2.24, 2.45) is 5.73 Å². The maximum absolute atomic E-state index is 13.2. The molecular weight excluding hydrogens is 219 g/mol. The fraction of sp³-hybridized carbons (Fsp3) is 0.300. The first-order chi connectivity index (χ1) is 7.00. The van der Waals surface area contributed by atoms with Gasteiger partial charge in [-0.25, -0.2) is 4.39 Å². The summed E-state index contributed by atoms with van der Waals surface area (Å²) in [6, 6.07) is 3.77. The predicted molar refractivity (Wildman–Crippen MR) is 56.9 cm³/mol. The van der Waals surface area contributed by atoms with Crippen molar-refractivity contribution in [1.82, 2.24) is 5.32 Å². The number of amides is 1. The van der Waals surface area contributed by atoms with Crippen molar-refractivity contribution in [2.75, 3.05) is 0 Å². The molecule has 0 aromatic heterocycles. The van der Waals surface area contributed by atoms with Crippen LogP contribution in [0.3, 0.4) is 0 Å². The molecule has 0 unspecified atom stereocenters. The van der Waals surface area contributed by atoms with Crippen LogP contribution in [0.4, 0.5) is 4.39 Å². The van der Waals surface area contributed by atoms with Crippen LogP contribution < -0.4 is 11.1 Å². The number of primary amides is 1. The topological polar surface area (TPSA) is 55.1 Å². The van der Waals surface area contributed by atoms with Gasteiger partial charge in [0.1, 0.15) is 5.82 Å². The van der Waals surface area contributed by atoms with E-state index < -0.39 is 11.9 Å². The smallest absolute Gasteiger partial charge is 0.234 e. The Kier molecular flexibility index (Phi) is 4.05. The monoisotopic (exact) mass is 230 g/mol. The van der Waals surface area contributed by atoms with Crippen LogP contribution in [0.2, 0.25) is 5.02 Å². The fourth-order valence-corrected chi connectivity index (χ4v) is 1.24. The summed E-state index contributed by atoms with van der Waals surface area (Å²) in [4.78, 5) is 10.7. The number of carbonyl (C=O) groups is 1. The van der Waals surface area contributed by atoms with E-state index in [0.29, 0.717) is 10.6 Å². The van der Waals surface area contributed by atoms with E-state index in [-0.39, 0.29) is 12.4 Å². The van der Waals surface area contributed by atoms with Gasteiger partial charge in [0, 0.05) is 17.1 Å². The highest BCUT2D eigenvalue weighted by atomic mass is 35.5. The summed E-state index contributed by atoms with van der Waals surface area (Å²) < 4.78 is 13.2. The highest BCUT2D eigenvalue weighted by Gasteiger charge is 2.09. The maximum Gasteiger partial charge on any atom is 0.234 e. The van der Waals surface area contributed by atoms with E-state index in [4.69, 9.17) is 17.3 Å². The number of rotatable bonds is 4. The Bertz CT molecular complexity index is 370. The number of nitrogens with two attached hydrogens (primary N) is 1. The highest BCUT2D eigenvalue weighted by molar-refractivity contribution is 6.30. The minimum atomic E-state index is -0.497. The molecule has 1 atom stereocenters. The molecule has 82 valence electrons. The lowest BCUT2D eigenvalue weighted by Gasteiger charge is -2.10. The first-order valence-corrected chi connectivity index (χ1v) is 4.85. The quantitative estimate of drug-likeness (QED) is 0.823. The summed E-state index contributed by atoms with van der Waals surface area (Å²) in [5.41, 5.74) is 5.46. The van der Waals surface area contributed by atoms with Crippen LogP contribution in [0.5, 0.6) is 0 Å². The summed E-state index contributed by atoms with van der Waals surface area (Å²) in [7, 11) is 0. The number of nitrogens with one attached hydrogen (secondary N) is 1. The second-order valence-electron chi connectivity index (χ2n) is 3.24. The number of benzene rings is 1. The largest absolute Gasteiger partial charge is 0.368 e. The second-order valence-corrected chi connectivity index (χ2v) is 3.68. The summed E-state index contributed by atoms with van der Waals surface area (Å²) in [5, 5.41) is 3.25. The third-order valence-electron chi connectivity index (χ3n) is 2.03.